The summed E-state index contributed by atoms with van der Waals surface area (Å²) in [5, 5.41) is 13.5. The van der Waals surface area contributed by atoms with Gasteiger partial charge in [-0.25, -0.2) is 0 Å². The number of benzene rings is 2. The first-order chi connectivity index (χ1) is 15.1. The molecule has 1 aliphatic heterocycles. The highest BCUT2D eigenvalue weighted by Gasteiger charge is 2.16. The normalized spacial score (nSPS) is 14.7. The fraction of sp³-hybridized carbons (Fsp3) is 0.348. The molecule has 1 saturated heterocycles. The van der Waals surface area contributed by atoms with E-state index in [0.29, 0.717) is 34.7 Å². The molecule has 0 bridgehead atoms. The Balaban J connectivity index is 1.36. The molecule has 3 N–H and O–H groups in total. The van der Waals surface area contributed by atoms with Gasteiger partial charge in [-0.3, -0.25) is 19.6 Å². The first-order valence-electron chi connectivity index (χ1n) is 10.6. The van der Waals surface area contributed by atoms with Crippen LogP contribution in [-0.4, -0.2) is 53.7 Å². The van der Waals surface area contributed by atoms with Crippen LogP contribution in [0.4, 0.5) is 11.4 Å². The van der Waals surface area contributed by atoms with Gasteiger partial charge in [-0.15, -0.1) is 0 Å². The van der Waals surface area contributed by atoms with Gasteiger partial charge in [0.2, 0.25) is 5.91 Å². The number of ether oxygens (including phenoxy) is 1. The third-order valence-corrected chi connectivity index (χ3v) is 5.48. The molecule has 2 heterocycles. The topological polar surface area (TPSA) is 99.3 Å². The Morgan fingerprint density at radius 3 is 2.35 bits per heavy atom. The first kappa shape index (κ1) is 20.9. The molecule has 4 rings (SSSR count). The maximum absolute atomic E-state index is 12.7. The van der Waals surface area contributed by atoms with Crippen molar-refractivity contribution in [2.45, 2.75) is 25.7 Å². The summed E-state index contributed by atoms with van der Waals surface area (Å²) in [6.07, 6.45) is 4.79. The molecular weight excluding hydrogens is 394 g/mol. The van der Waals surface area contributed by atoms with Gasteiger partial charge in [0.15, 0.2) is 5.69 Å². The number of carbonyl (C=O) groups excluding carboxylic acids is 2. The predicted molar refractivity (Wildman–Crippen MR) is 121 cm³/mol. The molecule has 0 aliphatic carbocycles. The Hall–Kier alpha value is -3.39. The number of anilines is 2. The summed E-state index contributed by atoms with van der Waals surface area (Å²) in [5.41, 5.74) is 2.37. The van der Waals surface area contributed by atoms with Crippen LogP contribution >= 0.6 is 0 Å². The standard InChI is InChI=1S/C23H27N5O3/c1-31-18-10-11-20-19(14-18)22(27-26-20)23(30)25-17-8-6-16(7-9-17)24-21(29)15-28-12-4-2-3-5-13-28/h6-11,14H,2-5,12-13,15H2,1H3,(H,24,29)(H,25,30)(H,26,27). The first-order valence-corrected chi connectivity index (χ1v) is 10.6. The summed E-state index contributed by atoms with van der Waals surface area (Å²) in [7, 11) is 1.58. The maximum Gasteiger partial charge on any atom is 0.276 e. The second-order valence-electron chi connectivity index (χ2n) is 7.75. The van der Waals surface area contributed by atoms with Crippen molar-refractivity contribution in [3.63, 3.8) is 0 Å². The van der Waals surface area contributed by atoms with Crippen LogP contribution in [0.5, 0.6) is 5.75 Å². The zero-order chi connectivity index (χ0) is 21.6. The average Bonchev–Trinajstić information content (AvgIpc) is 3.03. The minimum atomic E-state index is -0.322. The summed E-state index contributed by atoms with van der Waals surface area (Å²) in [4.78, 5) is 27.2. The summed E-state index contributed by atoms with van der Waals surface area (Å²) < 4.78 is 5.23. The van der Waals surface area contributed by atoms with Crippen molar-refractivity contribution < 1.29 is 14.3 Å². The van der Waals surface area contributed by atoms with Gasteiger partial charge in [-0.1, -0.05) is 12.8 Å². The summed E-state index contributed by atoms with van der Waals surface area (Å²) in [6, 6.07) is 12.5. The van der Waals surface area contributed by atoms with E-state index in [-0.39, 0.29) is 11.8 Å². The molecule has 162 valence electrons. The van der Waals surface area contributed by atoms with E-state index < -0.39 is 0 Å². The number of nitrogens with zero attached hydrogens (tertiary/aromatic N) is 2. The second-order valence-corrected chi connectivity index (χ2v) is 7.75. The molecule has 0 spiro atoms. The molecule has 1 aromatic heterocycles. The molecule has 1 fully saturated rings. The van der Waals surface area contributed by atoms with Gasteiger partial charge in [0.1, 0.15) is 5.75 Å². The van der Waals surface area contributed by atoms with Gasteiger partial charge in [-0.2, -0.15) is 5.10 Å². The van der Waals surface area contributed by atoms with E-state index in [9.17, 15) is 9.59 Å². The number of aromatic amines is 1. The Kier molecular flexibility index (Phi) is 6.47. The van der Waals surface area contributed by atoms with Crippen LogP contribution in [0.15, 0.2) is 42.5 Å². The number of hydrogen-bond donors (Lipinski definition) is 3. The number of hydrogen-bond acceptors (Lipinski definition) is 5. The second kappa shape index (κ2) is 9.61. The van der Waals surface area contributed by atoms with Crippen LogP contribution in [0.1, 0.15) is 36.2 Å². The number of methoxy groups -OCH3 is 1. The van der Waals surface area contributed by atoms with Crippen LogP contribution < -0.4 is 15.4 Å². The largest absolute Gasteiger partial charge is 0.497 e. The number of aromatic nitrogens is 2. The van der Waals surface area contributed by atoms with Gasteiger partial charge in [0, 0.05) is 16.8 Å². The van der Waals surface area contributed by atoms with Crippen molar-refractivity contribution in [1.82, 2.24) is 15.1 Å². The Morgan fingerprint density at radius 1 is 1.00 bits per heavy atom. The molecule has 2 amide bonds. The van der Waals surface area contributed by atoms with Crippen LogP contribution in [0, 0.1) is 0 Å². The van der Waals surface area contributed by atoms with E-state index >= 15 is 0 Å². The van der Waals surface area contributed by atoms with Gasteiger partial charge >= 0.3 is 0 Å². The molecular formula is C23H27N5O3. The Bertz CT molecular complexity index is 1050. The van der Waals surface area contributed by atoms with Crippen LogP contribution in [0.3, 0.4) is 0 Å². The number of carbonyl (C=O) groups is 2. The lowest BCUT2D eigenvalue weighted by Crippen LogP contribution is -2.33. The molecule has 0 atom stereocenters. The van der Waals surface area contributed by atoms with E-state index in [2.05, 4.69) is 25.7 Å². The van der Waals surface area contributed by atoms with Gasteiger partial charge in [0.05, 0.1) is 19.2 Å². The lowest BCUT2D eigenvalue weighted by Gasteiger charge is -2.19. The third kappa shape index (κ3) is 5.21. The lowest BCUT2D eigenvalue weighted by molar-refractivity contribution is -0.117. The van der Waals surface area contributed by atoms with Crippen molar-refractivity contribution in [1.29, 1.82) is 0 Å². The van der Waals surface area contributed by atoms with E-state index in [4.69, 9.17) is 4.74 Å². The maximum atomic E-state index is 12.7. The highest BCUT2D eigenvalue weighted by atomic mass is 16.5. The van der Waals surface area contributed by atoms with Crippen molar-refractivity contribution in [2.24, 2.45) is 0 Å². The zero-order valence-corrected chi connectivity index (χ0v) is 17.6. The van der Waals surface area contributed by atoms with Crippen molar-refractivity contribution in [2.75, 3.05) is 37.4 Å². The molecule has 0 radical (unpaired) electrons. The fourth-order valence-electron chi connectivity index (χ4n) is 3.82. The highest BCUT2D eigenvalue weighted by Crippen LogP contribution is 2.23. The number of nitrogens with one attached hydrogen (secondary N) is 3. The summed E-state index contributed by atoms with van der Waals surface area (Å²) in [5.74, 6) is 0.316. The number of rotatable bonds is 6. The van der Waals surface area contributed by atoms with E-state index in [0.717, 1.165) is 31.4 Å². The summed E-state index contributed by atoms with van der Waals surface area (Å²) >= 11 is 0. The molecule has 8 heteroatoms. The van der Waals surface area contributed by atoms with Crippen molar-refractivity contribution in [3.8, 4) is 5.75 Å². The number of H-pyrrole nitrogens is 1. The fourth-order valence-corrected chi connectivity index (χ4v) is 3.82. The SMILES string of the molecule is COc1ccc2[nH]nc(C(=O)Nc3ccc(NC(=O)CN4CCCCCC4)cc3)c2c1. The van der Waals surface area contributed by atoms with Crippen molar-refractivity contribution >= 4 is 34.1 Å². The molecule has 8 nitrogen and oxygen atoms in total. The zero-order valence-electron chi connectivity index (χ0n) is 17.6. The average molecular weight is 422 g/mol. The minimum absolute atomic E-state index is 0.0179. The number of amides is 2. The molecule has 31 heavy (non-hydrogen) atoms. The highest BCUT2D eigenvalue weighted by molar-refractivity contribution is 6.11. The van der Waals surface area contributed by atoms with Gasteiger partial charge in [0.25, 0.3) is 5.91 Å². The molecule has 2 aromatic carbocycles. The molecule has 0 unspecified atom stereocenters. The van der Waals surface area contributed by atoms with Gasteiger partial charge < -0.3 is 15.4 Å². The third-order valence-electron chi connectivity index (χ3n) is 5.48. The molecule has 1 aliphatic rings. The quantitative estimate of drug-likeness (QED) is 0.564. The number of likely N-dealkylation sites (tertiary alicyclic amines) is 1. The smallest absolute Gasteiger partial charge is 0.276 e. The molecule has 3 aromatic rings. The summed E-state index contributed by atoms with van der Waals surface area (Å²) in [6.45, 7) is 2.37. The van der Waals surface area contributed by atoms with Crippen LogP contribution in [-0.2, 0) is 4.79 Å². The minimum Gasteiger partial charge on any atom is -0.497 e. The van der Waals surface area contributed by atoms with Gasteiger partial charge in [-0.05, 0) is 68.4 Å². The Labute approximate surface area is 181 Å². The Morgan fingerprint density at radius 2 is 1.68 bits per heavy atom. The van der Waals surface area contributed by atoms with Crippen LogP contribution in [0.2, 0.25) is 0 Å². The monoisotopic (exact) mass is 421 g/mol. The van der Waals surface area contributed by atoms with E-state index in [1.165, 1.54) is 12.8 Å². The van der Waals surface area contributed by atoms with E-state index in [1.807, 2.05) is 12.1 Å². The lowest BCUT2D eigenvalue weighted by atomic mass is 10.2. The predicted octanol–water partition coefficient (Wildman–Crippen LogP) is 3.64. The van der Waals surface area contributed by atoms with Crippen LogP contribution in [0.25, 0.3) is 10.9 Å². The van der Waals surface area contributed by atoms with Crippen molar-refractivity contribution in [3.05, 3.63) is 48.2 Å². The van der Waals surface area contributed by atoms with E-state index in [1.54, 1.807) is 37.4 Å². The molecule has 0 saturated carbocycles. The number of fused-ring (bicyclic) bond motifs is 1.